The van der Waals surface area contributed by atoms with Crippen molar-refractivity contribution < 1.29 is 4.79 Å². The van der Waals surface area contributed by atoms with Crippen LogP contribution in [-0.2, 0) is 6.54 Å². The van der Waals surface area contributed by atoms with Gasteiger partial charge in [-0.3, -0.25) is 0 Å². The minimum atomic E-state index is -0.221. The number of nitrogens with zero attached hydrogens (tertiary/aromatic N) is 2. The Morgan fingerprint density at radius 2 is 1.87 bits per heavy atom. The highest BCUT2D eigenvalue weighted by molar-refractivity contribution is 9.10. The van der Waals surface area contributed by atoms with E-state index in [2.05, 4.69) is 31.5 Å². The van der Waals surface area contributed by atoms with E-state index in [0.717, 1.165) is 32.7 Å². The van der Waals surface area contributed by atoms with E-state index in [4.69, 9.17) is 0 Å². The zero-order chi connectivity index (χ0) is 17.0. The molecule has 122 valence electrons. The van der Waals surface area contributed by atoms with E-state index >= 15 is 0 Å². The molecule has 0 atom stereocenters. The fourth-order valence-corrected chi connectivity index (χ4v) is 2.95. The number of aryl methyl sites for hydroxylation is 2. The second-order valence-electron chi connectivity index (χ2n) is 5.64. The number of benzene rings is 1. The van der Waals surface area contributed by atoms with E-state index in [1.165, 1.54) is 0 Å². The molecular weight excluding hydrogens is 356 g/mol. The summed E-state index contributed by atoms with van der Waals surface area (Å²) >= 11 is 3.45. The molecule has 0 saturated carbocycles. The van der Waals surface area contributed by atoms with Crippen molar-refractivity contribution in [2.75, 3.05) is 24.3 Å². The number of rotatable bonds is 4. The molecule has 1 aromatic carbocycles. The highest BCUT2D eigenvalue weighted by Crippen LogP contribution is 2.25. The Kier molecular flexibility index (Phi) is 5.60. The molecule has 5 nitrogen and oxygen atoms in total. The molecule has 1 aromatic heterocycles. The number of aromatic nitrogens is 1. The maximum absolute atomic E-state index is 12.1. The SMILES string of the molecule is Cc1cc(Br)cc(C)c1NC(=O)NCc1ccnc(N(C)C)c1. The highest BCUT2D eigenvalue weighted by atomic mass is 79.9. The molecule has 0 fully saturated rings. The number of carbonyl (C=O) groups excluding carboxylic acids is 1. The number of amides is 2. The average molecular weight is 377 g/mol. The van der Waals surface area contributed by atoms with Crippen molar-refractivity contribution in [3.63, 3.8) is 0 Å². The van der Waals surface area contributed by atoms with Crippen LogP contribution in [0.2, 0.25) is 0 Å². The van der Waals surface area contributed by atoms with Gasteiger partial charge in [-0.2, -0.15) is 0 Å². The number of anilines is 2. The monoisotopic (exact) mass is 376 g/mol. The van der Waals surface area contributed by atoms with E-state index < -0.39 is 0 Å². The van der Waals surface area contributed by atoms with E-state index in [0.29, 0.717) is 6.54 Å². The summed E-state index contributed by atoms with van der Waals surface area (Å²) in [7, 11) is 3.87. The second kappa shape index (κ2) is 7.46. The Bertz CT molecular complexity index is 692. The van der Waals surface area contributed by atoms with Crippen LogP contribution in [0, 0.1) is 13.8 Å². The number of pyridine rings is 1. The Morgan fingerprint density at radius 1 is 1.22 bits per heavy atom. The van der Waals surface area contributed by atoms with E-state index in [9.17, 15) is 4.79 Å². The number of carbonyl (C=O) groups is 1. The van der Waals surface area contributed by atoms with Gasteiger partial charge in [0, 0.05) is 37.0 Å². The summed E-state index contributed by atoms with van der Waals surface area (Å²) < 4.78 is 1.01. The fraction of sp³-hybridized carbons (Fsp3) is 0.294. The van der Waals surface area contributed by atoms with Crippen molar-refractivity contribution in [1.82, 2.24) is 10.3 Å². The summed E-state index contributed by atoms with van der Waals surface area (Å²) in [4.78, 5) is 18.3. The van der Waals surface area contributed by atoms with Crippen molar-refractivity contribution in [1.29, 1.82) is 0 Å². The summed E-state index contributed by atoms with van der Waals surface area (Å²) in [6.45, 7) is 4.39. The molecule has 2 amide bonds. The van der Waals surface area contributed by atoms with Crippen molar-refractivity contribution in [3.05, 3.63) is 51.6 Å². The molecule has 2 rings (SSSR count). The van der Waals surface area contributed by atoms with Gasteiger partial charge in [0.2, 0.25) is 0 Å². The molecule has 0 saturated heterocycles. The lowest BCUT2D eigenvalue weighted by atomic mass is 10.1. The third-order valence-corrected chi connectivity index (χ3v) is 3.92. The summed E-state index contributed by atoms with van der Waals surface area (Å²) in [5.74, 6) is 0.865. The van der Waals surface area contributed by atoms with E-state index in [-0.39, 0.29) is 6.03 Å². The second-order valence-corrected chi connectivity index (χ2v) is 6.55. The van der Waals surface area contributed by atoms with Gasteiger partial charge < -0.3 is 15.5 Å². The maximum Gasteiger partial charge on any atom is 0.319 e. The molecular formula is C17H21BrN4O. The van der Waals surface area contributed by atoms with E-state index in [1.54, 1.807) is 6.20 Å². The van der Waals surface area contributed by atoms with Gasteiger partial charge in [-0.1, -0.05) is 15.9 Å². The molecule has 0 aliphatic carbocycles. The molecule has 0 radical (unpaired) electrons. The maximum atomic E-state index is 12.1. The number of halogens is 1. The van der Waals surface area contributed by atoms with Gasteiger partial charge >= 0.3 is 6.03 Å². The molecule has 23 heavy (non-hydrogen) atoms. The predicted octanol–water partition coefficient (Wildman–Crippen LogP) is 3.85. The first-order valence-electron chi connectivity index (χ1n) is 7.30. The van der Waals surface area contributed by atoms with Crippen LogP contribution in [0.3, 0.4) is 0 Å². The number of urea groups is 1. The van der Waals surface area contributed by atoms with Crippen LogP contribution in [0.15, 0.2) is 34.9 Å². The molecule has 2 N–H and O–H groups in total. The van der Waals surface area contributed by atoms with E-state index in [1.807, 2.05) is 57.1 Å². The van der Waals surface area contributed by atoms with Crippen molar-refractivity contribution in [3.8, 4) is 0 Å². The normalized spacial score (nSPS) is 10.3. The molecule has 0 unspecified atom stereocenters. The summed E-state index contributed by atoms with van der Waals surface area (Å²) in [6, 6.07) is 7.59. The fourth-order valence-electron chi connectivity index (χ4n) is 2.26. The van der Waals surface area contributed by atoms with Crippen LogP contribution >= 0.6 is 15.9 Å². The highest BCUT2D eigenvalue weighted by Gasteiger charge is 2.08. The third-order valence-electron chi connectivity index (χ3n) is 3.46. The third kappa shape index (κ3) is 4.69. The number of hydrogen-bond acceptors (Lipinski definition) is 3. The van der Waals surface area contributed by atoms with Crippen molar-refractivity contribution in [2.24, 2.45) is 0 Å². The molecule has 0 aliphatic heterocycles. The van der Waals surface area contributed by atoms with Crippen molar-refractivity contribution >= 4 is 33.5 Å². The molecule has 1 heterocycles. The van der Waals surface area contributed by atoms with Crippen LogP contribution < -0.4 is 15.5 Å². The summed E-state index contributed by atoms with van der Waals surface area (Å²) in [6.07, 6.45) is 1.74. The molecule has 0 aliphatic rings. The summed E-state index contributed by atoms with van der Waals surface area (Å²) in [5, 5.41) is 5.79. The van der Waals surface area contributed by atoms with Crippen LogP contribution in [0.4, 0.5) is 16.3 Å². The zero-order valence-corrected chi connectivity index (χ0v) is 15.4. The van der Waals surface area contributed by atoms with Gasteiger partial charge in [0.05, 0.1) is 0 Å². The lowest BCUT2D eigenvalue weighted by molar-refractivity contribution is 0.251. The number of nitrogens with one attached hydrogen (secondary N) is 2. The standard InChI is InChI=1S/C17H21BrN4O/c1-11-7-14(18)8-12(2)16(11)21-17(23)20-10-13-5-6-19-15(9-13)22(3)4/h5-9H,10H2,1-4H3,(H2,20,21,23). The topological polar surface area (TPSA) is 57.3 Å². The van der Waals surface area contributed by atoms with Gasteiger partial charge in [0.15, 0.2) is 0 Å². The number of hydrogen-bond donors (Lipinski definition) is 2. The first kappa shape index (κ1) is 17.3. The first-order chi connectivity index (χ1) is 10.9. The van der Waals surface area contributed by atoms with Gasteiger partial charge in [0.1, 0.15) is 5.82 Å². The van der Waals surface area contributed by atoms with Gasteiger partial charge in [0.25, 0.3) is 0 Å². The quantitative estimate of drug-likeness (QED) is 0.851. The zero-order valence-electron chi connectivity index (χ0n) is 13.8. The largest absolute Gasteiger partial charge is 0.363 e. The average Bonchev–Trinajstić information content (AvgIpc) is 2.49. The van der Waals surface area contributed by atoms with Gasteiger partial charge in [-0.05, 0) is 54.8 Å². The van der Waals surface area contributed by atoms with Crippen LogP contribution in [0.25, 0.3) is 0 Å². The lowest BCUT2D eigenvalue weighted by Gasteiger charge is -2.14. The first-order valence-corrected chi connectivity index (χ1v) is 8.10. The van der Waals surface area contributed by atoms with Crippen LogP contribution in [-0.4, -0.2) is 25.1 Å². The molecule has 0 bridgehead atoms. The van der Waals surface area contributed by atoms with Gasteiger partial charge in [-0.25, -0.2) is 9.78 Å². The minimum absolute atomic E-state index is 0.221. The van der Waals surface area contributed by atoms with Crippen molar-refractivity contribution in [2.45, 2.75) is 20.4 Å². The van der Waals surface area contributed by atoms with Crippen LogP contribution in [0.5, 0.6) is 0 Å². The predicted molar refractivity (Wildman–Crippen MR) is 98.0 cm³/mol. The lowest BCUT2D eigenvalue weighted by Crippen LogP contribution is -2.29. The molecule has 0 spiro atoms. The smallest absolute Gasteiger partial charge is 0.319 e. The Hall–Kier alpha value is -2.08. The van der Waals surface area contributed by atoms with Gasteiger partial charge in [-0.15, -0.1) is 0 Å². The summed E-state index contributed by atoms with van der Waals surface area (Å²) in [5.41, 5.74) is 3.88. The molecule has 2 aromatic rings. The Balaban J connectivity index is 2.00. The Morgan fingerprint density at radius 3 is 2.48 bits per heavy atom. The molecule has 6 heteroatoms. The van der Waals surface area contributed by atoms with Crippen LogP contribution in [0.1, 0.15) is 16.7 Å². The minimum Gasteiger partial charge on any atom is -0.363 e. The Labute approximate surface area is 145 Å².